The molecule has 0 saturated heterocycles. The number of benzene rings is 1. The molecule has 2 nitrogen and oxygen atoms in total. The monoisotopic (exact) mass is 282 g/mol. The van der Waals surface area contributed by atoms with Crippen molar-refractivity contribution in [1.29, 1.82) is 0 Å². The molecular weight excluding hydrogens is 271 g/mol. The highest BCUT2D eigenvalue weighted by Gasteiger charge is 2.15. The third-order valence-electron chi connectivity index (χ3n) is 3.00. The predicted molar refractivity (Wildman–Crippen MR) is 71.7 cm³/mol. The first-order chi connectivity index (χ1) is 8.72. The van der Waals surface area contributed by atoms with Crippen molar-refractivity contribution >= 4 is 22.9 Å². The lowest BCUT2D eigenvalue weighted by molar-refractivity contribution is 0.627. The van der Waals surface area contributed by atoms with E-state index in [2.05, 4.69) is 10.3 Å². The molecular formula is C13H12ClFN2S. The molecule has 0 bridgehead atoms. The maximum absolute atomic E-state index is 13.0. The Balaban J connectivity index is 1.85. The van der Waals surface area contributed by atoms with Gasteiger partial charge in [-0.3, -0.25) is 0 Å². The summed E-state index contributed by atoms with van der Waals surface area (Å²) < 4.78 is 13.0. The molecule has 2 aromatic rings. The highest BCUT2D eigenvalue weighted by atomic mass is 35.5. The van der Waals surface area contributed by atoms with E-state index in [9.17, 15) is 4.39 Å². The molecule has 1 aromatic heterocycles. The average Bonchev–Trinajstić information content (AvgIpc) is 2.75. The second kappa shape index (κ2) is 4.96. The van der Waals surface area contributed by atoms with Crippen LogP contribution >= 0.6 is 22.9 Å². The summed E-state index contributed by atoms with van der Waals surface area (Å²) in [5, 5.41) is 4.86. The topological polar surface area (TPSA) is 24.9 Å². The number of aromatic nitrogens is 1. The molecule has 18 heavy (non-hydrogen) atoms. The minimum absolute atomic E-state index is 0.300. The van der Waals surface area contributed by atoms with Gasteiger partial charge in [-0.2, -0.15) is 0 Å². The maximum Gasteiger partial charge on any atom is 0.124 e. The van der Waals surface area contributed by atoms with Crippen LogP contribution in [0.2, 0.25) is 5.02 Å². The van der Waals surface area contributed by atoms with Gasteiger partial charge in [-0.1, -0.05) is 17.7 Å². The van der Waals surface area contributed by atoms with Crippen molar-refractivity contribution < 1.29 is 4.39 Å². The van der Waals surface area contributed by atoms with Gasteiger partial charge in [0, 0.05) is 35.8 Å². The van der Waals surface area contributed by atoms with Gasteiger partial charge in [-0.15, -0.1) is 11.3 Å². The van der Waals surface area contributed by atoms with Gasteiger partial charge >= 0.3 is 0 Å². The molecule has 0 aliphatic carbocycles. The van der Waals surface area contributed by atoms with Crippen LogP contribution in [0.5, 0.6) is 0 Å². The molecule has 0 saturated carbocycles. The first-order valence-corrected chi connectivity index (χ1v) is 7.04. The number of hydrogen-bond donors (Lipinski definition) is 1. The maximum atomic E-state index is 13.0. The molecule has 1 aliphatic rings. The first kappa shape index (κ1) is 12.1. The van der Waals surface area contributed by atoms with Gasteiger partial charge in [0.1, 0.15) is 5.82 Å². The molecule has 0 fully saturated rings. The van der Waals surface area contributed by atoms with Crippen LogP contribution < -0.4 is 5.32 Å². The lowest BCUT2D eigenvalue weighted by Gasteiger charge is -2.09. The van der Waals surface area contributed by atoms with Crippen molar-refractivity contribution in [1.82, 2.24) is 10.3 Å². The molecule has 0 spiro atoms. The van der Waals surface area contributed by atoms with Crippen molar-refractivity contribution in [2.75, 3.05) is 6.54 Å². The summed E-state index contributed by atoms with van der Waals surface area (Å²) in [7, 11) is 0. The minimum atomic E-state index is -0.300. The molecule has 3 rings (SSSR count). The summed E-state index contributed by atoms with van der Waals surface area (Å²) in [4.78, 5) is 5.95. The minimum Gasteiger partial charge on any atom is -0.311 e. The largest absolute Gasteiger partial charge is 0.311 e. The van der Waals surface area contributed by atoms with E-state index in [1.54, 1.807) is 17.4 Å². The number of hydrogen-bond acceptors (Lipinski definition) is 3. The van der Waals surface area contributed by atoms with Gasteiger partial charge in [0.2, 0.25) is 0 Å². The van der Waals surface area contributed by atoms with Gasteiger partial charge in [0.05, 0.1) is 10.7 Å². The summed E-state index contributed by atoms with van der Waals surface area (Å²) in [6.45, 7) is 1.90. The van der Waals surface area contributed by atoms with Crippen LogP contribution in [-0.4, -0.2) is 11.5 Å². The molecule has 5 heteroatoms. The van der Waals surface area contributed by atoms with Crippen LogP contribution in [0.25, 0.3) is 0 Å². The molecule has 1 aromatic carbocycles. The Morgan fingerprint density at radius 3 is 3.11 bits per heavy atom. The summed E-state index contributed by atoms with van der Waals surface area (Å²) in [5.41, 5.74) is 2.13. The van der Waals surface area contributed by atoms with E-state index in [1.807, 2.05) is 0 Å². The smallest absolute Gasteiger partial charge is 0.124 e. The molecule has 0 amide bonds. The fraction of sp³-hybridized carbons (Fsp3) is 0.308. The molecule has 1 N–H and O–H groups in total. The molecule has 0 radical (unpaired) electrons. The van der Waals surface area contributed by atoms with E-state index in [0.29, 0.717) is 11.4 Å². The summed E-state index contributed by atoms with van der Waals surface area (Å²) in [6, 6.07) is 4.53. The zero-order valence-electron chi connectivity index (χ0n) is 9.67. The van der Waals surface area contributed by atoms with Crippen molar-refractivity contribution in [3.63, 3.8) is 0 Å². The Labute approximate surface area is 114 Å². The predicted octanol–water partition coefficient (Wildman–Crippen LogP) is 3.17. The summed E-state index contributed by atoms with van der Waals surface area (Å²) in [6.07, 6.45) is 1.67. The van der Waals surface area contributed by atoms with Gasteiger partial charge in [-0.25, -0.2) is 9.37 Å². The Hall–Kier alpha value is -0.970. The molecule has 1 aliphatic heterocycles. The van der Waals surface area contributed by atoms with Crippen LogP contribution in [0.1, 0.15) is 21.1 Å². The van der Waals surface area contributed by atoms with Crippen LogP contribution in [0.4, 0.5) is 4.39 Å². The fourth-order valence-electron chi connectivity index (χ4n) is 2.08. The SMILES string of the molecule is Fc1ccc(Cc2nc3c(s2)CNCC3)c(Cl)c1. The van der Waals surface area contributed by atoms with Gasteiger partial charge < -0.3 is 5.32 Å². The van der Waals surface area contributed by atoms with E-state index in [-0.39, 0.29) is 5.82 Å². The average molecular weight is 283 g/mol. The van der Waals surface area contributed by atoms with E-state index in [4.69, 9.17) is 11.6 Å². The van der Waals surface area contributed by atoms with E-state index < -0.39 is 0 Å². The van der Waals surface area contributed by atoms with Crippen LogP contribution in [-0.2, 0) is 19.4 Å². The number of fused-ring (bicyclic) bond motifs is 1. The second-order valence-corrected chi connectivity index (χ2v) is 5.89. The van der Waals surface area contributed by atoms with E-state index in [1.165, 1.54) is 22.7 Å². The number of nitrogens with zero attached hydrogens (tertiary/aromatic N) is 1. The summed E-state index contributed by atoms with van der Waals surface area (Å²) >= 11 is 7.75. The zero-order chi connectivity index (χ0) is 12.5. The first-order valence-electron chi connectivity index (χ1n) is 5.84. The second-order valence-electron chi connectivity index (χ2n) is 4.32. The van der Waals surface area contributed by atoms with Gasteiger partial charge in [-0.05, 0) is 17.7 Å². The fourth-order valence-corrected chi connectivity index (χ4v) is 3.42. The van der Waals surface area contributed by atoms with E-state index >= 15 is 0 Å². The highest BCUT2D eigenvalue weighted by Crippen LogP contribution is 2.26. The lowest BCUT2D eigenvalue weighted by atomic mass is 10.1. The number of halogens is 2. The van der Waals surface area contributed by atoms with Crippen LogP contribution in [0.3, 0.4) is 0 Å². The summed E-state index contributed by atoms with van der Waals surface area (Å²) in [5.74, 6) is -0.300. The third kappa shape index (κ3) is 2.41. The standard InChI is InChI=1S/C13H12ClFN2S/c14-10-6-9(15)2-1-8(10)5-13-17-11-3-4-16-7-12(11)18-13/h1-2,6,16H,3-5,7H2. The van der Waals surface area contributed by atoms with Crippen molar-refractivity contribution in [2.45, 2.75) is 19.4 Å². The van der Waals surface area contributed by atoms with Crippen LogP contribution in [0, 0.1) is 5.82 Å². The van der Waals surface area contributed by atoms with Crippen molar-refractivity contribution in [2.24, 2.45) is 0 Å². The van der Waals surface area contributed by atoms with E-state index in [0.717, 1.165) is 30.1 Å². The Kier molecular flexibility index (Phi) is 3.33. The normalized spacial score (nSPS) is 14.6. The lowest BCUT2D eigenvalue weighted by Crippen LogP contribution is -2.22. The van der Waals surface area contributed by atoms with Crippen molar-refractivity contribution in [3.05, 3.63) is 50.2 Å². The molecule has 0 unspecified atom stereocenters. The molecule has 94 valence electrons. The Bertz CT molecular complexity index is 559. The van der Waals surface area contributed by atoms with Gasteiger partial charge in [0.15, 0.2) is 0 Å². The number of rotatable bonds is 2. The molecule has 2 heterocycles. The number of thiazole rings is 1. The van der Waals surface area contributed by atoms with Gasteiger partial charge in [0.25, 0.3) is 0 Å². The highest BCUT2D eigenvalue weighted by molar-refractivity contribution is 7.11. The number of nitrogens with one attached hydrogen (secondary N) is 1. The Morgan fingerprint density at radius 2 is 2.33 bits per heavy atom. The third-order valence-corrected chi connectivity index (χ3v) is 4.45. The van der Waals surface area contributed by atoms with Crippen molar-refractivity contribution in [3.8, 4) is 0 Å². The molecule has 0 atom stereocenters. The van der Waals surface area contributed by atoms with Crippen LogP contribution in [0.15, 0.2) is 18.2 Å². The Morgan fingerprint density at radius 1 is 1.44 bits per heavy atom. The zero-order valence-corrected chi connectivity index (χ0v) is 11.2. The quantitative estimate of drug-likeness (QED) is 0.915.